The summed E-state index contributed by atoms with van der Waals surface area (Å²) in [5.74, 6) is -0.250. The van der Waals surface area contributed by atoms with E-state index in [4.69, 9.17) is 9.47 Å². The molecule has 0 aromatic heterocycles. The van der Waals surface area contributed by atoms with Gasteiger partial charge in [-0.3, -0.25) is 0 Å². The topological polar surface area (TPSA) is 59.1 Å². The molecule has 0 aromatic carbocycles. The van der Waals surface area contributed by atoms with E-state index in [1.54, 1.807) is 0 Å². The third-order valence-corrected chi connectivity index (χ3v) is 5.53. The van der Waals surface area contributed by atoms with Crippen molar-refractivity contribution in [3.8, 4) is 0 Å². The van der Waals surface area contributed by atoms with Crippen LogP contribution in [0.1, 0.15) is 33.6 Å². The van der Waals surface area contributed by atoms with Crippen LogP contribution < -0.4 is 0 Å². The molecule has 4 nitrogen and oxygen atoms in total. The second-order valence-corrected chi connectivity index (χ2v) is 6.44. The normalized spacial score (nSPS) is 51.1. The van der Waals surface area contributed by atoms with Crippen LogP contribution in [0.4, 0.5) is 0 Å². The van der Waals surface area contributed by atoms with Crippen molar-refractivity contribution >= 4 is 5.97 Å². The van der Waals surface area contributed by atoms with E-state index < -0.39 is 11.7 Å². The van der Waals surface area contributed by atoms with Gasteiger partial charge in [0.15, 0.2) is 0 Å². The Bertz CT molecular complexity index is 560. The Labute approximate surface area is 112 Å². The van der Waals surface area contributed by atoms with Gasteiger partial charge in [0.05, 0.1) is 11.5 Å². The summed E-state index contributed by atoms with van der Waals surface area (Å²) in [6, 6.07) is 0. The molecule has 1 N–H and O–H groups in total. The van der Waals surface area contributed by atoms with Gasteiger partial charge in [-0.05, 0) is 39.2 Å². The molecule has 0 radical (unpaired) electrons. The third-order valence-electron chi connectivity index (χ3n) is 5.53. The number of fused-ring (bicyclic) bond motifs is 2. The van der Waals surface area contributed by atoms with Crippen molar-refractivity contribution in [1.29, 1.82) is 0 Å². The Morgan fingerprint density at radius 2 is 2.16 bits per heavy atom. The van der Waals surface area contributed by atoms with Crippen molar-refractivity contribution in [2.75, 3.05) is 0 Å². The molecule has 1 saturated heterocycles. The Kier molecular flexibility index (Phi) is 1.92. The first-order valence-corrected chi connectivity index (χ1v) is 6.88. The molecule has 2 heterocycles. The molecule has 5 atom stereocenters. The number of aliphatic hydroxyl groups excluding tert-OH is 1. The van der Waals surface area contributed by atoms with Crippen molar-refractivity contribution in [2.24, 2.45) is 5.92 Å². The van der Waals surface area contributed by atoms with Gasteiger partial charge in [-0.25, -0.2) is 4.79 Å². The number of rotatable bonds is 0. The third kappa shape index (κ3) is 1.11. The van der Waals surface area contributed by atoms with Gasteiger partial charge in [0.2, 0.25) is 0 Å². The number of esters is 1. The number of epoxide rings is 1. The SMILES string of the molecule is CC1=C[C@H](O)C23OC2(C)CCC2=C(C)C(=O)OC2C13. The average Bonchev–Trinajstić information content (AvgIpc) is 2.77. The van der Waals surface area contributed by atoms with Crippen LogP contribution in [-0.2, 0) is 14.3 Å². The maximum Gasteiger partial charge on any atom is 0.334 e. The van der Waals surface area contributed by atoms with Gasteiger partial charge in [-0.15, -0.1) is 0 Å². The van der Waals surface area contributed by atoms with Crippen LogP contribution in [-0.4, -0.2) is 34.5 Å². The second kappa shape index (κ2) is 3.13. The van der Waals surface area contributed by atoms with E-state index in [1.807, 2.05) is 19.9 Å². The lowest BCUT2D eigenvalue weighted by Gasteiger charge is -2.27. The lowest BCUT2D eigenvalue weighted by molar-refractivity contribution is -0.142. The van der Waals surface area contributed by atoms with Crippen molar-refractivity contribution < 1.29 is 19.4 Å². The van der Waals surface area contributed by atoms with Crippen LogP contribution in [0.25, 0.3) is 0 Å². The average molecular weight is 262 g/mol. The molecule has 19 heavy (non-hydrogen) atoms. The zero-order chi connectivity index (χ0) is 13.6. The van der Waals surface area contributed by atoms with E-state index in [-0.39, 0.29) is 23.6 Å². The number of carbonyl (C=O) groups excluding carboxylic acids is 1. The molecule has 0 bridgehead atoms. The summed E-state index contributed by atoms with van der Waals surface area (Å²) in [6.07, 6.45) is 2.67. The van der Waals surface area contributed by atoms with Crippen LogP contribution in [0.3, 0.4) is 0 Å². The predicted octanol–water partition coefficient (Wildman–Crippen LogP) is 1.49. The van der Waals surface area contributed by atoms with Crippen molar-refractivity contribution in [3.63, 3.8) is 0 Å². The van der Waals surface area contributed by atoms with E-state index >= 15 is 0 Å². The number of hydrogen-bond donors (Lipinski definition) is 1. The smallest absolute Gasteiger partial charge is 0.334 e. The first-order chi connectivity index (χ1) is 8.91. The molecular formula is C15H18O4. The second-order valence-electron chi connectivity index (χ2n) is 6.44. The number of ether oxygens (including phenoxy) is 2. The Morgan fingerprint density at radius 3 is 2.89 bits per heavy atom. The van der Waals surface area contributed by atoms with Crippen LogP contribution in [0.2, 0.25) is 0 Å². The molecule has 1 spiro atoms. The van der Waals surface area contributed by atoms with Gasteiger partial charge < -0.3 is 14.6 Å². The van der Waals surface area contributed by atoms with Gasteiger partial charge >= 0.3 is 5.97 Å². The van der Waals surface area contributed by atoms with E-state index in [2.05, 4.69) is 6.92 Å². The lowest BCUT2D eigenvalue weighted by atomic mass is 9.78. The zero-order valence-electron chi connectivity index (χ0n) is 11.4. The van der Waals surface area contributed by atoms with Crippen LogP contribution in [0.15, 0.2) is 22.8 Å². The molecule has 4 aliphatic rings. The number of aliphatic hydroxyl groups is 1. The van der Waals surface area contributed by atoms with Gasteiger partial charge in [-0.1, -0.05) is 11.6 Å². The van der Waals surface area contributed by atoms with E-state index in [0.29, 0.717) is 0 Å². The Hall–Kier alpha value is -1.13. The maximum absolute atomic E-state index is 11.8. The minimum atomic E-state index is -0.596. The van der Waals surface area contributed by atoms with Crippen molar-refractivity contribution in [1.82, 2.24) is 0 Å². The molecule has 4 heteroatoms. The van der Waals surface area contributed by atoms with Crippen molar-refractivity contribution in [3.05, 3.63) is 22.8 Å². The molecule has 0 aromatic rings. The summed E-state index contributed by atoms with van der Waals surface area (Å²) in [7, 11) is 0. The lowest BCUT2D eigenvalue weighted by Crippen LogP contribution is -2.42. The predicted molar refractivity (Wildman–Crippen MR) is 67.3 cm³/mol. The zero-order valence-corrected chi connectivity index (χ0v) is 11.4. The van der Waals surface area contributed by atoms with Gasteiger partial charge in [0.1, 0.15) is 17.8 Å². The molecule has 2 fully saturated rings. The van der Waals surface area contributed by atoms with E-state index in [9.17, 15) is 9.90 Å². The summed E-state index contributed by atoms with van der Waals surface area (Å²) >= 11 is 0. The highest BCUT2D eigenvalue weighted by Gasteiger charge is 2.78. The molecule has 102 valence electrons. The molecular weight excluding hydrogens is 244 g/mol. The molecule has 2 aliphatic heterocycles. The van der Waals surface area contributed by atoms with Gasteiger partial charge in [-0.2, -0.15) is 0 Å². The minimum absolute atomic E-state index is 0.0357. The van der Waals surface area contributed by atoms with Gasteiger partial charge in [0.25, 0.3) is 0 Å². The molecule has 1 saturated carbocycles. The molecule has 4 unspecified atom stereocenters. The largest absolute Gasteiger partial charge is 0.454 e. The molecule has 2 aliphatic carbocycles. The number of hydrogen-bond acceptors (Lipinski definition) is 4. The van der Waals surface area contributed by atoms with E-state index in [1.165, 1.54) is 0 Å². The highest BCUT2D eigenvalue weighted by Crippen LogP contribution is 2.66. The monoisotopic (exact) mass is 262 g/mol. The number of carbonyl (C=O) groups is 1. The first-order valence-electron chi connectivity index (χ1n) is 6.88. The quantitative estimate of drug-likeness (QED) is 0.408. The standard InChI is InChI=1S/C15H18O4/c1-7-6-10(16)15-11(7)12-9(8(2)13(17)18-12)4-5-14(15,3)19-15/h6,10-12,16H,4-5H2,1-3H3/t10-,11?,12?,14?,15?/m0/s1. The fourth-order valence-electron chi connectivity index (χ4n) is 4.41. The maximum atomic E-state index is 11.8. The minimum Gasteiger partial charge on any atom is -0.454 e. The highest BCUT2D eigenvalue weighted by atomic mass is 16.6. The fraction of sp³-hybridized carbons (Fsp3) is 0.667. The highest BCUT2D eigenvalue weighted by molar-refractivity contribution is 5.92. The van der Waals surface area contributed by atoms with Crippen molar-refractivity contribution in [2.45, 2.75) is 57.0 Å². The summed E-state index contributed by atoms with van der Waals surface area (Å²) < 4.78 is 11.6. The van der Waals surface area contributed by atoms with Crippen LogP contribution >= 0.6 is 0 Å². The summed E-state index contributed by atoms with van der Waals surface area (Å²) in [5, 5.41) is 10.4. The summed E-state index contributed by atoms with van der Waals surface area (Å²) in [6.45, 7) is 5.90. The molecule has 0 amide bonds. The van der Waals surface area contributed by atoms with Gasteiger partial charge in [0, 0.05) is 5.57 Å². The molecule has 4 rings (SSSR count). The fourth-order valence-corrected chi connectivity index (χ4v) is 4.41. The first kappa shape index (κ1) is 11.7. The summed E-state index contributed by atoms with van der Waals surface area (Å²) in [5.41, 5.74) is 2.06. The van der Waals surface area contributed by atoms with Crippen LogP contribution in [0.5, 0.6) is 0 Å². The van der Waals surface area contributed by atoms with Crippen LogP contribution in [0, 0.1) is 5.92 Å². The van der Waals surface area contributed by atoms with E-state index in [0.717, 1.165) is 29.6 Å². The summed E-state index contributed by atoms with van der Waals surface area (Å²) in [4.78, 5) is 11.8. The Balaban J connectivity index is 1.87. The Morgan fingerprint density at radius 1 is 1.42 bits per heavy atom.